The lowest BCUT2D eigenvalue weighted by molar-refractivity contribution is -0.384. The van der Waals surface area contributed by atoms with Gasteiger partial charge in [0.25, 0.3) is 5.69 Å². The number of anilines is 1. The quantitative estimate of drug-likeness (QED) is 0.462. The normalized spacial score (nSPS) is 12.5. The van der Waals surface area contributed by atoms with Crippen molar-refractivity contribution in [1.29, 1.82) is 0 Å². The summed E-state index contributed by atoms with van der Waals surface area (Å²) >= 11 is 2.05. The van der Waals surface area contributed by atoms with Crippen LogP contribution in [0, 0.1) is 19.6 Å². The largest absolute Gasteiger partial charge is 0.394 e. The van der Waals surface area contributed by atoms with Crippen molar-refractivity contribution in [2.45, 2.75) is 26.3 Å². The van der Waals surface area contributed by atoms with Crippen molar-refractivity contribution in [2.75, 3.05) is 11.9 Å². The maximum absolute atomic E-state index is 10.6. The Bertz CT molecular complexity index is 424. The van der Waals surface area contributed by atoms with E-state index in [-0.39, 0.29) is 18.3 Å². The van der Waals surface area contributed by atoms with Crippen molar-refractivity contribution in [3.05, 3.63) is 31.9 Å². The summed E-state index contributed by atoms with van der Waals surface area (Å²) in [4.78, 5) is 10.2. The summed E-state index contributed by atoms with van der Waals surface area (Å²) in [5.74, 6) is 0.477. The second-order valence-corrected chi connectivity index (χ2v) is 5.74. The number of aliphatic hydroxyl groups is 1. The minimum absolute atomic E-state index is 0.0278. The average molecular weight is 364 g/mol. The van der Waals surface area contributed by atoms with Gasteiger partial charge >= 0.3 is 0 Å². The first-order chi connectivity index (χ1) is 8.43. The lowest BCUT2D eigenvalue weighted by Crippen LogP contribution is -2.26. The Labute approximate surface area is 120 Å². The summed E-state index contributed by atoms with van der Waals surface area (Å²) in [5, 5.41) is 23.1. The molecule has 0 fully saturated rings. The molecule has 0 aliphatic heterocycles. The van der Waals surface area contributed by atoms with E-state index in [4.69, 9.17) is 0 Å². The molecule has 1 aromatic carbocycles. The fraction of sp³-hybridized carbons (Fsp3) is 0.500. The number of hydrogen-bond acceptors (Lipinski definition) is 4. The zero-order chi connectivity index (χ0) is 13.7. The number of benzene rings is 1. The minimum atomic E-state index is -0.413. The van der Waals surface area contributed by atoms with Crippen LogP contribution in [-0.2, 0) is 0 Å². The number of non-ortho nitro benzene ring substituents is 1. The topological polar surface area (TPSA) is 75.4 Å². The second-order valence-electron chi connectivity index (χ2n) is 4.57. The molecule has 0 aromatic heterocycles. The fourth-order valence-electron chi connectivity index (χ4n) is 1.70. The van der Waals surface area contributed by atoms with E-state index in [1.807, 2.05) is 0 Å². The summed E-state index contributed by atoms with van der Waals surface area (Å²) in [6.07, 6.45) is 0.851. The van der Waals surface area contributed by atoms with Crippen molar-refractivity contribution in [3.63, 3.8) is 0 Å². The Kier molecular flexibility index (Phi) is 5.80. The van der Waals surface area contributed by atoms with Crippen molar-refractivity contribution < 1.29 is 10.0 Å². The second kappa shape index (κ2) is 6.89. The molecule has 0 saturated carbocycles. The summed E-state index contributed by atoms with van der Waals surface area (Å²) in [6, 6.07) is 4.64. The molecule has 100 valence electrons. The Hall–Kier alpha value is -0.890. The van der Waals surface area contributed by atoms with E-state index in [1.54, 1.807) is 6.07 Å². The number of hydrogen-bond donors (Lipinski definition) is 2. The number of nitrogens with zero attached hydrogens (tertiary/aromatic N) is 1. The minimum Gasteiger partial charge on any atom is -0.394 e. The van der Waals surface area contributed by atoms with Crippen molar-refractivity contribution in [1.82, 2.24) is 0 Å². The van der Waals surface area contributed by atoms with E-state index >= 15 is 0 Å². The molecule has 5 nitrogen and oxygen atoms in total. The monoisotopic (exact) mass is 364 g/mol. The van der Waals surface area contributed by atoms with Crippen LogP contribution < -0.4 is 5.32 Å². The predicted octanol–water partition coefficient (Wildman–Crippen LogP) is 3.02. The van der Waals surface area contributed by atoms with Crippen LogP contribution in [-0.4, -0.2) is 22.7 Å². The molecule has 0 heterocycles. The number of rotatable bonds is 6. The van der Waals surface area contributed by atoms with Gasteiger partial charge in [0.05, 0.1) is 11.5 Å². The van der Waals surface area contributed by atoms with E-state index in [2.05, 4.69) is 41.8 Å². The van der Waals surface area contributed by atoms with Crippen LogP contribution in [0.5, 0.6) is 0 Å². The molecule has 0 amide bonds. The molecule has 0 spiro atoms. The van der Waals surface area contributed by atoms with Gasteiger partial charge in [0.15, 0.2) is 0 Å². The molecule has 0 aliphatic carbocycles. The molecule has 6 heteroatoms. The lowest BCUT2D eigenvalue weighted by atomic mass is 10.0. The van der Waals surface area contributed by atoms with E-state index in [0.29, 0.717) is 5.92 Å². The van der Waals surface area contributed by atoms with Crippen molar-refractivity contribution in [3.8, 4) is 0 Å². The first kappa shape index (κ1) is 15.2. The molecule has 2 N–H and O–H groups in total. The number of nitro groups is 1. The Morgan fingerprint density at radius 2 is 2.17 bits per heavy atom. The zero-order valence-electron chi connectivity index (χ0n) is 10.4. The van der Waals surface area contributed by atoms with Crippen LogP contribution in [0.2, 0.25) is 0 Å². The molecule has 1 unspecified atom stereocenters. The van der Waals surface area contributed by atoms with Gasteiger partial charge in [-0.1, -0.05) is 13.8 Å². The van der Waals surface area contributed by atoms with E-state index in [9.17, 15) is 15.2 Å². The van der Waals surface area contributed by atoms with Gasteiger partial charge in [0.2, 0.25) is 0 Å². The first-order valence-corrected chi connectivity index (χ1v) is 6.83. The van der Waals surface area contributed by atoms with Crippen LogP contribution in [0.15, 0.2) is 18.2 Å². The molecular weight excluding hydrogens is 347 g/mol. The van der Waals surface area contributed by atoms with E-state index < -0.39 is 4.92 Å². The summed E-state index contributed by atoms with van der Waals surface area (Å²) in [5.41, 5.74) is 0.898. The average Bonchev–Trinajstić information content (AvgIpc) is 2.29. The third kappa shape index (κ3) is 4.41. The molecule has 1 aromatic rings. The highest BCUT2D eigenvalue weighted by Gasteiger charge is 2.13. The molecule has 1 rings (SSSR count). The number of halogens is 1. The van der Waals surface area contributed by atoms with Gasteiger partial charge in [-0.15, -0.1) is 0 Å². The number of nitrogens with one attached hydrogen (secondary N) is 1. The van der Waals surface area contributed by atoms with Crippen molar-refractivity contribution >= 4 is 34.0 Å². The fourth-order valence-corrected chi connectivity index (χ4v) is 2.36. The predicted molar refractivity (Wildman–Crippen MR) is 79.8 cm³/mol. The summed E-state index contributed by atoms with van der Waals surface area (Å²) in [7, 11) is 0. The van der Waals surface area contributed by atoms with Gasteiger partial charge in [0.1, 0.15) is 0 Å². The molecule has 0 radical (unpaired) electrons. The first-order valence-electron chi connectivity index (χ1n) is 5.75. The van der Waals surface area contributed by atoms with E-state index in [0.717, 1.165) is 15.7 Å². The van der Waals surface area contributed by atoms with Crippen LogP contribution in [0.4, 0.5) is 11.4 Å². The Balaban J connectivity index is 2.80. The maximum Gasteiger partial charge on any atom is 0.270 e. The SMILES string of the molecule is CC(C)CC(CO)Nc1ccc([N+](=O)[O-])cc1I. The van der Waals surface area contributed by atoms with Crippen molar-refractivity contribution in [2.24, 2.45) is 5.92 Å². The standard InChI is InChI=1S/C12H17IN2O3/c1-8(2)5-9(7-16)14-12-4-3-10(15(17)18)6-11(12)13/h3-4,6,8-9,14,16H,5,7H2,1-2H3. The van der Waals surface area contributed by atoms with Crippen LogP contribution in [0.3, 0.4) is 0 Å². The Morgan fingerprint density at radius 3 is 2.61 bits per heavy atom. The van der Waals surface area contributed by atoms with Gasteiger partial charge in [0, 0.05) is 27.4 Å². The zero-order valence-corrected chi connectivity index (χ0v) is 12.5. The number of aliphatic hydroxyl groups excluding tert-OH is 1. The van der Waals surface area contributed by atoms with Gasteiger partial charge < -0.3 is 10.4 Å². The third-order valence-corrected chi connectivity index (χ3v) is 3.39. The Morgan fingerprint density at radius 1 is 1.50 bits per heavy atom. The van der Waals surface area contributed by atoms with Gasteiger partial charge in [-0.25, -0.2) is 0 Å². The summed E-state index contributed by atoms with van der Waals surface area (Å²) < 4.78 is 0.781. The lowest BCUT2D eigenvalue weighted by Gasteiger charge is -2.20. The van der Waals surface area contributed by atoms with Crippen LogP contribution >= 0.6 is 22.6 Å². The molecule has 0 saturated heterocycles. The number of nitro benzene ring substituents is 1. The highest BCUT2D eigenvalue weighted by Crippen LogP contribution is 2.25. The van der Waals surface area contributed by atoms with Gasteiger partial charge in [-0.05, 0) is 41.0 Å². The molecule has 18 heavy (non-hydrogen) atoms. The van der Waals surface area contributed by atoms with Gasteiger partial charge in [-0.3, -0.25) is 10.1 Å². The maximum atomic E-state index is 10.6. The van der Waals surface area contributed by atoms with Crippen LogP contribution in [0.1, 0.15) is 20.3 Å². The smallest absolute Gasteiger partial charge is 0.270 e. The molecule has 0 bridgehead atoms. The molecule has 1 atom stereocenters. The van der Waals surface area contributed by atoms with Gasteiger partial charge in [-0.2, -0.15) is 0 Å². The molecular formula is C12H17IN2O3. The molecule has 0 aliphatic rings. The summed E-state index contributed by atoms with van der Waals surface area (Å²) in [6.45, 7) is 4.22. The van der Waals surface area contributed by atoms with E-state index in [1.165, 1.54) is 12.1 Å². The highest BCUT2D eigenvalue weighted by atomic mass is 127. The van der Waals surface area contributed by atoms with Crippen LogP contribution in [0.25, 0.3) is 0 Å². The highest BCUT2D eigenvalue weighted by molar-refractivity contribution is 14.1. The third-order valence-electron chi connectivity index (χ3n) is 2.50.